The van der Waals surface area contributed by atoms with E-state index in [9.17, 15) is 0 Å². The first-order valence-corrected chi connectivity index (χ1v) is 9.61. The number of hydrogen-bond acceptors (Lipinski definition) is 5. The molecular formula is C22H25N5. The van der Waals surface area contributed by atoms with Gasteiger partial charge in [-0.3, -0.25) is 0 Å². The van der Waals surface area contributed by atoms with Gasteiger partial charge in [0.1, 0.15) is 0 Å². The van der Waals surface area contributed by atoms with Crippen molar-refractivity contribution in [1.82, 2.24) is 15.2 Å². The van der Waals surface area contributed by atoms with Crippen LogP contribution in [0.2, 0.25) is 0 Å². The van der Waals surface area contributed by atoms with Crippen molar-refractivity contribution in [3.8, 4) is 0 Å². The first-order chi connectivity index (χ1) is 13.3. The third-order valence-electron chi connectivity index (χ3n) is 5.01. The summed E-state index contributed by atoms with van der Waals surface area (Å²) in [6, 6.07) is 20.7. The predicted molar refractivity (Wildman–Crippen MR) is 109 cm³/mol. The number of hydrogen-bond donors (Lipinski definition) is 0. The molecule has 2 heterocycles. The Balaban J connectivity index is 1.66. The molecule has 0 radical (unpaired) electrons. The van der Waals surface area contributed by atoms with Crippen molar-refractivity contribution < 1.29 is 0 Å². The fourth-order valence-corrected chi connectivity index (χ4v) is 3.60. The summed E-state index contributed by atoms with van der Waals surface area (Å²) < 4.78 is 0. The largest absolute Gasteiger partial charge is 0.355 e. The van der Waals surface area contributed by atoms with Gasteiger partial charge in [0.25, 0.3) is 5.95 Å². The third kappa shape index (κ3) is 4.25. The monoisotopic (exact) mass is 359 g/mol. The topological polar surface area (TPSA) is 45.2 Å². The highest BCUT2D eigenvalue weighted by molar-refractivity contribution is 5.58. The molecular weight excluding hydrogens is 334 g/mol. The van der Waals surface area contributed by atoms with Crippen LogP contribution in [0.25, 0.3) is 0 Å². The van der Waals surface area contributed by atoms with Gasteiger partial charge < -0.3 is 9.80 Å². The molecule has 1 atom stereocenters. The van der Waals surface area contributed by atoms with Crippen LogP contribution < -0.4 is 9.80 Å². The first kappa shape index (κ1) is 17.5. The molecule has 27 heavy (non-hydrogen) atoms. The van der Waals surface area contributed by atoms with E-state index >= 15 is 0 Å². The Kier molecular flexibility index (Phi) is 5.28. The first-order valence-electron chi connectivity index (χ1n) is 9.61. The maximum Gasteiger partial charge on any atom is 0.252 e. The Labute approximate surface area is 160 Å². The standard InChI is InChI=1S/C22H25N5/c1-18-9-8-14-26(16-18)21-15-23-25-22(24-21)27(20-12-6-3-7-13-20)17-19-10-4-2-5-11-19/h2-7,10-13,15,18H,8-9,14,16-17H2,1H3. The SMILES string of the molecule is CC1CCCN(c2cnnc(N(Cc3ccccc3)c3ccccc3)n2)C1. The Morgan fingerprint density at radius 1 is 1.04 bits per heavy atom. The molecule has 0 amide bonds. The average molecular weight is 359 g/mol. The summed E-state index contributed by atoms with van der Waals surface area (Å²) in [5.74, 6) is 2.24. The molecule has 1 fully saturated rings. The molecule has 5 nitrogen and oxygen atoms in total. The van der Waals surface area contributed by atoms with Crippen LogP contribution in [0.3, 0.4) is 0 Å². The molecule has 0 spiro atoms. The molecule has 1 aliphatic heterocycles. The van der Waals surface area contributed by atoms with Crippen LogP contribution >= 0.6 is 0 Å². The van der Waals surface area contributed by atoms with E-state index in [0.29, 0.717) is 18.4 Å². The molecule has 1 aliphatic rings. The zero-order valence-corrected chi connectivity index (χ0v) is 15.7. The van der Waals surface area contributed by atoms with Gasteiger partial charge in [0.2, 0.25) is 0 Å². The van der Waals surface area contributed by atoms with Gasteiger partial charge in [-0.1, -0.05) is 55.5 Å². The van der Waals surface area contributed by atoms with E-state index in [4.69, 9.17) is 4.98 Å². The minimum absolute atomic E-state index is 0.640. The van der Waals surface area contributed by atoms with Gasteiger partial charge in [-0.05, 0) is 36.5 Å². The van der Waals surface area contributed by atoms with Crippen molar-refractivity contribution in [2.45, 2.75) is 26.3 Å². The highest BCUT2D eigenvalue weighted by Gasteiger charge is 2.20. The molecule has 1 aromatic heterocycles. The van der Waals surface area contributed by atoms with E-state index in [-0.39, 0.29) is 0 Å². The Morgan fingerprint density at radius 2 is 1.78 bits per heavy atom. The van der Waals surface area contributed by atoms with Crippen molar-refractivity contribution in [1.29, 1.82) is 0 Å². The van der Waals surface area contributed by atoms with E-state index in [0.717, 1.165) is 24.6 Å². The Morgan fingerprint density at radius 3 is 2.52 bits per heavy atom. The second-order valence-corrected chi connectivity index (χ2v) is 7.22. The van der Waals surface area contributed by atoms with Gasteiger partial charge in [0.05, 0.1) is 12.7 Å². The molecule has 1 unspecified atom stereocenters. The predicted octanol–water partition coefficient (Wildman–Crippen LogP) is 4.45. The Hall–Kier alpha value is -2.95. The fraction of sp³-hybridized carbons (Fsp3) is 0.318. The summed E-state index contributed by atoms with van der Waals surface area (Å²) in [5, 5.41) is 8.64. The summed E-state index contributed by atoms with van der Waals surface area (Å²) >= 11 is 0. The van der Waals surface area contributed by atoms with Crippen LogP contribution in [-0.4, -0.2) is 28.3 Å². The Bertz CT molecular complexity index is 853. The molecule has 1 saturated heterocycles. The maximum absolute atomic E-state index is 4.88. The zero-order valence-electron chi connectivity index (χ0n) is 15.7. The van der Waals surface area contributed by atoms with E-state index in [1.807, 2.05) is 24.3 Å². The van der Waals surface area contributed by atoms with E-state index < -0.39 is 0 Å². The number of anilines is 3. The number of para-hydroxylation sites is 1. The van der Waals surface area contributed by atoms with Gasteiger partial charge in [0, 0.05) is 18.8 Å². The van der Waals surface area contributed by atoms with Gasteiger partial charge >= 0.3 is 0 Å². The number of benzene rings is 2. The van der Waals surface area contributed by atoms with Crippen LogP contribution in [0, 0.1) is 5.92 Å². The lowest BCUT2D eigenvalue weighted by Gasteiger charge is -2.32. The minimum atomic E-state index is 0.640. The van der Waals surface area contributed by atoms with Crippen molar-refractivity contribution in [2.75, 3.05) is 22.9 Å². The van der Waals surface area contributed by atoms with Gasteiger partial charge in [-0.25, -0.2) is 0 Å². The highest BCUT2D eigenvalue weighted by atomic mass is 15.4. The number of aromatic nitrogens is 3. The average Bonchev–Trinajstić information content (AvgIpc) is 2.73. The molecule has 0 saturated carbocycles. The van der Waals surface area contributed by atoms with Gasteiger partial charge in [-0.2, -0.15) is 10.1 Å². The summed E-state index contributed by atoms with van der Waals surface area (Å²) in [5.41, 5.74) is 2.27. The lowest BCUT2D eigenvalue weighted by molar-refractivity contribution is 0.444. The molecule has 0 aliphatic carbocycles. The van der Waals surface area contributed by atoms with Crippen molar-refractivity contribution in [3.05, 3.63) is 72.4 Å². The number of rotatable bonds is 5. The molecule has 3 aromatic rings. The molecule has 4 rings (SSSR count). The summed E-state index contributed by atoms with van der Waals surface area (Å²) in [6.07, 6.45) is 4.27. The summed E-state index contributed by atoms with van der Waals surface area (Å²) in [4.78, 5) is 9.34. The maximum atomic E-state index is 4.88. The van der Waals surface area contributed by atoms with E-state index in [2.05, 4.69) is 63.3 Å². The number of nitrogens with zero attached hydrogens (tertiary/aromatic N) is 5. The van der Waals surface area contributed by atoms with Crippen molar-refractivity contribution in [3.63, 3.8) is 0 Å². The lowest BCUT2D eigenvalue weighted by Crippen LogP contribution is -2.35. The normalized spacial score (nSPS) is 16.9. The molecule has 0 N–H and O–H groups in total. The van der Waals surface area contributed by atoms with Crippen molar-refractivity contribution in [2.24, 2.45) is 5.92 Å². The lowest BCUT2D eigenvalue weighted by atomic mass is 10.0. The molecule has 0 bridgehead atoms. The second-order valence-electron chi connectivity index (χ2n) is 7.22. The van der Waals surface area contributed by atoms with Crippen LogP contribution in [-0.2, 0) is 6.54 Å². The van der Waals surface area contributed by atoms with Crippen molar-refractivity contribution >= 4 is 17.5 Å². The van der Waals surface area contributed by atoms with Crippen LogP contribution in [0.4, 0.5) is 17.5 Å². The number of piperidine rings is 1. The van der Waals surface area contributed by atoms with E-state index in [1.54, 1.807) is 6.20 Å². The highest BCUT2D eigenvalue weighted by Crippen LogP contribution is 2.27. The minimum Gasteiger partial charge on any atom is -0.355 e. The summed E-state index contributed by atoms with van der Waals surface area (Å²) in [6.45, 7) is 5.06. The second kappa shape index (κ2) is 8.16. The van der Waals surface area contributed by atoms with Crippen LogP contribution in [0.15, 0.2) is 66.9 Å². The van der Waals surface area contributed by atoms with E-state index in [1.165, 1.54) is 18.4 Å². The smallest absolute Gasteiger partial charge is 0.252 e. The summed E-state index contributed by atoms with van der Waals surface area (Å²) in [7, 11) is 0. The quantitative estimate of drug-likeness (QED) is 0.674. The van der Waals surface area contributed by atoms with Gasteiger partial charge in [0.15, 0.2) is 5.82 Å². The zero-order chi connectivity index (χ0) is 18.5. The molecule has 138 valence electrons. The molecule has 2 aromatic carbocycles. The van der Waals surface area contributed by atoms with Crippen LogP contribution in [0.1, 0.15) is 25.3 Å². The fourth-order valence-electron chi connectivity index (χ4n) is 3.60. The van der Waals surface area contributed by atoms with Gasteiger partial charge in [-0.15, -0.1) is 5.10 Å². The molecule has 5 heteroatoms. The van der Waals surface area contributed by atoms with Crippen LogP contribution in [0.5, 0.6) is 0 Å². The third-order valence-corrected chi connectivity index (χ3v) is 5.01.